The van der Waals surface area contributed by atoms with Crippen LogP contribution in [-0.2, 0) is 11.2 Å². The summed E-state index contributed by atoms with van der Waals surface area (Å²) in [5.41, 5.74) is 2.75. The molecular formula is C25H30N6O2. The van der Waals surface area contributed by atoms with E-state index in [0.29, 0.717) is 47.3 Å². The number of fused-ring (bicyclic) bond motifs is 3. The average Bonchev–Trinajstić information content (AvgIpc) is 3.09. The lowest BCUT2D eigenvalue weighted by Crippen LogP contribution is -2.33. The Morgan fingerprint density at radius 2 is 1.91 bits per heavy atom. The van der Waals surface area contributed by atoms with Gasteiger partial charge in [-0.15, -0.1) is 0 Å². The van der Waals surface area contributed by atoms with Crippen molar-refractivity contribution in [3.63, 3.8) is 0 Å². The summed E-state index contributed by atoms with van der Waals surface area (Å²) in [6.07, 6.45) is 2.57. The largest absolute Gasteiger partial charge is 0.465 e. The molecule has 2 heterocycles. The van der Waals surface area contributed by atoms with Crippen molar-refractivity contribution in [1.29, 1.82) is 0 Å². The van der Waals surface area contributed by atoms with Gasteiger partial charge in [0.25, 0.3) is 0 Å². The number of benzene rings is 2. The number of nitrogen functional groups attached to an aromatic ring is 1. The van der Waals surface area contributed by atoms with E-state index in [9.17, 15) is 4.79 Å². The second-order valence-corrected chi connectivity index (χ2v) is 8.65. The number of esters is 1. The van der Waals surface area contributed by atoms with Crippen LogP contribution >= 0.6 is 0 Å². The molecule has 0 unspecified atom stereocenters. The SMILES string of the molecule is COC(=O)c1ccc2c3c(N(N)CCCC(C)C)nc(Cc4ccccc4)nc3n(N)c2c1. The van der Waals surface area contributed by atoms with Gasteiger partial charge >= 0.3 is 5.97 Å². The molecule has 0 saturated heterocycles. The van der Waals surface area contributed by atoms with Crippen molar-refractivity contribution in [2.45, 2.75) is 33.1 Å². The number of ether oxygens (including phenoxy) is 1. The first kappa shape index (κ1) is 22.5. The highest BCUT2D eigenvalue weighted by Gasteiger charge is 2.21. The Bertz CT molecular complexity index is 1280. The normalized spacial score (nSPS) is 11.4. The molecule has 0 saturated carbocycles. The molecule has 4 N–H and O–H groups in total. The molecule has 33 heavy (non-hydrogen) atoms. The Morgan fingerprint density at radius 1 is 1.15 bits per heavy atom. The number of carbonyl (C=O) groups is 1. The van der Waals surface area contributed by atoms with Crippen molar-refractivity contribution >= 4 is 33.7 Å². The molecule has 172 valence electrons. The zero-order valence-electron chi connectivity index (χ0n) is 19.3. The van der Waals surface area contributed by atoms with E-state index >= 15 is 0 Å². The minimum atomic E-state index is -0.424. The third kappa shape index (κ3) is 4.61. The number of carbonyl (C=O) groups excluding carboxylic acids is 1. The van der Waals surface area contributed by atoms with Crippen LogP contribution in [0, 0.1) is 5.92 Å². The van der Waals surface area contributed by atoms with Gasteiger partial charge in [-0.05, 0) is 36.5 Å². The third-order valence-electron chi connectivity index (χ3n) is 5.75. The van der Waals surface area contributed by atoms with Crippen molar-refractivity contribution < 1.29 is 9.53 Å². The summed E-state index contributed by atoms with van der Waals surface area (Å²) in [5, 5.41) is 3.29. The average molecular weight is 447 g/mol. The molecule has 0 spiro atoms. The summed E-state index contributed by atoms with van der Waals surface area (Å²) in [5.74, 6) is 14.4. The summed E-state index contributed by atoms with van der Waals surface area (Å²) in [4.78, 5) is 21.7. The van der Waals surface area contributed by atoms with Gasteiger partial charge < -0.3 is 10.6 Å². The minimum absolute atomic E-state index is 0.417. The van der Waals surface area contributed by atoms with Crippen molar-refractivity contribution in [1.82, 2.24) is 14.6 Å². The predicted octanol–water partition coefficient (Wildman–Crippen LogP) is 3.79. The number of nitrogens with zero attached hydrogens (tertiary/aromatic N) is 4. The Hall–Kier alpha value is -3.65. The second kappa shape index (κ2) is 9.46. The molecule has 0 atom stereocenters. The summed E-state index contributed by atoms with van der Waals surface area (Å²) in [6.45, 7) is 5.05. The number of anilines is 1. The van der Waals surface area contributed by atoms with Crippen molar-refractivity contribution in [2.24, 2.45) is 11.8 Å². The van der Waals surface area contributed by atoms with E-state index in [1.165, 1.54) is 11.8 Å². The highest BCUT2D eigenvalue weighted by atomic mass is 16.5. The van der Waals surface area contributed by atoms with Crippen LogP contribution in [0.15, 0.2) is 48.5 Å². The molecule has 0 aliphatic heterocycles. The molecule has 0 radical (unpaired) electrons. The first-order valence-electron chi connectivity index (χ1n) is 11.1. The lowest BCUT2D eigenvalue weighted by atomic mass is 10.1. The van der Waals surface area contributed by atoms with Crippen LogP contribution in [0.25, 0.3) is 21.9 Å². The molecule has 0 amide bonds. The van der Waals surface area contributed by atoms with Gasteiger partial charge in [0, 0.05) is 18.4 Å². The summed E-state index contributed by atoms with van der Waals surface area (Å²) < 4.78 is 6.36. The number of hydrazine groups is 1. The Labute approximate surface area is 193 Å². The first-order chi connectivity index (χ1) is 15.9. The van der Waals surface area contributed by atoms with Gasteiger partial charge in [0.05, 0.1) is 23.6 Å². The zero-order valence-corrected chi connectivity index (χ0v) is 19.3. The van der Waals surface area contributed by atoms with E-state index in [1.807, 2.05) is 36.4 Å². The van der Waals surface area contributed by atoms with Crippen LogP contribution in [0.3, 0.4) is 0 Å². The van der Waals surface area contributed by atoms with Gasteiger partial charge in [-0.1, -0.05) is 50.2 Å². The van der Waals surface area contributed by atoms with Gasteiger partial charge in [-0.3, -0.25) is 5.01 Å². The number of rotatable bonds is 8. The maximum atomic E-state index is 12.1. The maximum Gasteiger partial charge on any atom is 0.337 e. The Balaban J connectivity index is 1.86. The smallest absolute Gasteiger partial charge is 0.337 e. The minimum Gasteiger partial charge on any atom is -0.465 e. The van der Waals surface area contributed by atoms with Crippen molar-refractivity contribution in [2.75, 3.05) is 24.5 Å². The van der Waals surface area contributed by atoms with Crippen LogP contribution in [0.1, 0.15) is 48.4 Å². The number of hydrogen-bond donors (Lipinski definition) is 2. The van der Waals surface area contributed by atoms with Crippen LogP contribution in [0.4, 0.5) is 5.82 Å². The van der Waals surface area contributed by atoms with Crippen LogP contribution in [0.2, 0.25) is 0 Å². The molecule has 2 aromatic carbocycles. The number of hydrogen-bond acceptors (Lipinski definition) is 7. The molecule has 8 heteroatoms. The summed E-state index contributed by atoms with van der Waals surface area (Å²) in [7, 11) is 1.35. The highest BCUT2D eigenvalue weighted by molar-refractivity contribution is 6.13. The summed E-state index contributed by atoms with van der Waals surface area (Å²) in [6, 6.07) is 15.3. The fourth-order valence-electron chi connectivity index (χ4n) is 4.04. The number of aromatic nitrogens is 3. The highest BCUT2D eigenvalue weighted by Crippen LogP contribution is 2.33. The topological polar surface area (TPSA) is 112 Å². The number of methoxy groups -OCH3 is 1. The molecule has 0 aliphatic rings. The van der Waals surface area contributed by atoms with Crippen molar-refractivity contribution in [3.8, 4) is 0 Å². The van der Waals surface area contributed by atoms with E-state index < -0.39 is 5.97 Å². The molecule has 4 rings (SSSR count). The van der Waals surface area contributed by atoms with Gasteiger partial charge in [-0.2, -0.15) is 0 Å². The monoisotopic (exact) mass is 446 g/mol. The molecule has 0 aliphatic carbocycles. The first-order valence-corrected chi connectivity index (χ1v) is 11.1. The zero-order chi connectivity index (χ0) is 23.5. The van der Waals surface area contributed by atoms with Crippen molar-refractivity contribution in [3.05, 3.63) is 65.5 Å². The molecule has 2 aromatic heterocycles. The predicted molar refractivity (Wildman–Crippen MR) is 131 cm³/mol. The number of nitrogens with two attached hydrogens (primary N) is 2. The van der Waals surface area contributed by atoms with Crippen LogP contribution in [0.5, 0.6) is 0 Å². The molecule has 0 bridgehead atoms. The third-order valence-corrected chi connectivity index (χ3v) is 5.75. The van der Waals surface area contributed by atoms with E-state index in [4.69, 9.17) is 26.4 Å². The summed E-state index contributed by atoms with van der Waals surface area (Å²) >= 11 is 0. The fourth-order valence-corrected chi connectivity index (χ4v) is 4.04. The van der Waals surface area contributed by atoms with E-state index in [0.717, 1.165) is 29.2 Å². The molecule has 8 nitrogen and oxygen atoms in total. The van der Waals surface area contributed by atoms with Gasteiger partial charge in [-0.25, -0.2) is 25.3 Å². The van der Waals surface area contributed by atoms with Crippen LogP contribution < -0.4 is 16.7 Å². The molecule has 4 aromatic rings. The van der Waals surface area contributed by atoms with Crippen LogP contribution in [-0.4, -0.2) is 34.3 Å². The Morgan fingerprint density at radius 3 is 2.61 bits per heavy atom. The van der Waals surface area contributed by atoms with E-state index in [2.05, 4.69) is 13.8 Å². The quantitative estimate of drug-likeness (QED) is 0.240. The molecular weight excluding hydrogens is 416 g/mol. The standard InChI is InChI=1S/C25H30N6O2/c1-16(2)8-7-13-30(26)23-22-19-12-11-18(25(32)33-3)15-20(19)31(27)24(22)29-21(28-23)14-17-9-5-4-6-10-17/h4-6,9-12,15-16H,7-8,13-14,26-27H2,1-3H3. The second-order valence-electron chi connectivity index (χ2n) is 8.65. The van der Waals surface area contributed by atoms with E-state index in [1.54, 1.807) is 17.1 Å². The lowest BCUT2D eigenvalue weighted by molar-refractivity contribution is 0.0601. The van der Waals surface area contributed by atoms with Gasteiger partial charge in [0.15, 0.2) is 11.5 Å². The molecule has 0 fully saturated rings. The fraction of sp³-hybridized carbons (Fsp3) is 0.320. The maximum absolute atomic E-state index is 12.1. The lowest BCUT2D eigenvalue weighted by Gasteiger charge is -2.20. The Kier molecular flexibility index (Phi) is 6.46. The van der Waals surface area contributed by atoms with Gasteiger partial charge in [0.2, 0.25) is 0 Å². The van der Waals surface area contributed by atoms with Gasteiger partial charge in [0.1, 0.15) is 5.82 Å². The van der Waals surface area contributed by atoms with E-state index in [-0.39, 0.29) is 0 Å².